The van der Waals surface area contributed by atoms with Gasteiger partial charge >= 0.3 is 0 Å². The molecule has 0 atom stereocenters. The summed E-state index contributed by atoms with van der Waals surface area (Å²) in [7, 11) is 2.07. The molecule has 1 N–H and O–H groups in total. The van der Waals surface area contributed by atoms with E-state index in [4.69, 9.17) is 0 Å². The van der Waals surface area contributed by atoms with Gasteiger partial charge in [0.25, 0.3) is 0 Å². The van der Waals surface area contributed by atoms with Crippen LogP contribution in [0.25, 0.3) is 0 Å². The van der Waals surface area contributed by atoms with E-state index < -0.39 is 0 Å². The Kier molecular flexibility index (Phi) is 3.64. The van der Waals surface area contributed by atoms with E-state index in [-0.39, 0.29) is 0 Å². The quantitative estimate of drug-likeness (QED) is 0.850. The summed E-state index contributed by atoms with van der Waals surface area (Å²) in [6.45, 7) is 4.49. The van der Waals surface area contributed by atoms with Crippen molar-refractivity contribution in [2.24, 2.45) is 0 Å². The van der Waals surface area contributed by atoms with Crippen LogP contribution >= 0.6 is 0 Å². The minimum absolute atomic E-state index is 0.574. The van der Waals surface area contributed by atoms with Gasteiger partial charge in [-0.15, -0.1) is 0 Å². The van der Waals surface area contributed by atoms with Crippen LogP contribution in [0.4, 0.5) is 0 Å². The van der Waals surface area contributed by atoms with Gasteiger partial charge in [-0.05, 0) is 38.6 Å². The van der Waals surface area contributed by atoms with Gasteiger partial charge in [0.2, 0.25) is 0 Å². The lowest BCUT2D eigenvalue weighted by molar-refractivity contribution is 0.295. The fraction of sp³-hybridized carbons (Fsp3) is 0.769. The second-order valence-electron chi connectivity index (χ2n) is 5.17. The van der Waals surface area contributed by atoms with E-state index in [1.165, 1.54) is 31.4 Å². The van der Waals surface area contributed by atoms with Crippen LogP contribution in [0.3, 0.4) is 0 Å². The molecule has 90 valence electrons. The first kappa shape index (κ1) is 11.6. The maximum atomic E-state index is 4.31. The predicted octanol–water partition coefficient (Wildman–Crippen LogP) is 2.71. The van der Waals surface area contributed by atoms with Crippen LogP contribution in [0.5, 0.6) is 0 Å². The minimum atomic E-state index is 0.574. The van der Waals surface area contributed by atoms with Crippen LogP contribution in [0, 0.1) is 0 Å². The van der Waals surface area contributed by atoms with Gasteiger partial charge in [-0.2, -0.15) is 0 Å². The van der Waals surface area contributed by atoms with E-state index in [1.807, 2.05) is 12.5 Å². The molecule has 0 saturated heterocycles. The second kappa shape index (κ2) is 5.00. The molecule has 3 heteroatoms. The first-order chi connectivity index (χ1) is 7.72. The average molecular weight is 221 g/mol. The maximum Gasteiger partial charge on any atom is 0.0950 e. The van der Waals surface area contributed by atoms with Crippen LogP contribution in [-0.4, -0.2) is 22.6 Å². The van der Waals surface area contributed by atoms with E-state index in [2.05, 4.69) is 35.8 Å². The first-order valence-electron chi connectivity index (χ1n) is 6.41. The summed E-state index contributed by atoms with van der Waals surface area (Å²) in [6, 6.07) is 1.40. The SMILES string of the molecule is CNC1CCC(n2cncc2C(C)C)CC1. The molecule has 0 aromatic carbocycles. The Morgan fingerprint density at radius 2 is 2.00 bits per heavy atom. The summed E-state index contributed by atoms with van der Waals surface area (Å²) < 4.78 is 2.40. The third-order valence-corrected chi connectivity index (χ3v) is 3.79. The van der Waals surface area contributed by atoms with Crippen molar-refractivity contribution >= 4 is 0 Å². The molecule has 0 unspecified atom stereocenters. The number of aromatic nitrogens is 2. The molecule has 1 fully saturated rings. The highest BCUT2D eigenvalue weighted by molar-refractivity contribution is 5.06. The van der Waals surface area contributed by atoms with E-state index in [0.29, 0.717) is 12.0 Å². The predicted molar refractivity (Wildman–Crippen MR) is 66.7 cm³/mol. The molecule has 0 bridgehead atoms. The van der Waals surface area contributed by atoms with E-state index in [1.54, 1.807) is 0 Å². The standard InChI is InChI=1S/C13H23N3/c1-10(2)13-8-15-9-16(13)12-6-4-11(14-3)5-7-12/h8-12,14H,4-7H2,1-3H3. The molecule has 0 amide bonds. The zero-order chi connectivity index (χ0) is 11.5. The number of rotatable bonds is 3. The van der Waals surface area contributed by atoms with Gasteiger partial charge in [-0.25, -0.2) is 4.98 Å². The molecule has 16 heavy (non-hydrogen) atoms. The molecular weight excluding hydrogens is 198 g/mol. The van der Waals surface area contributed by atoms with Gasteiger partial charge in [-0.1, -0.05) is 13.8 Å². The van der Waals surface area contributed by atoms with Crippen molar-refractivity contribution in [1.82, 2.24) is 14.9 Å². The lowest BCUT2D eigenvalue weighted by Gasteiger charge is -2.30. The molecule has 2 rings (SSSR count). The van der Waals surface area contributed by atoms with Crippen LogP contribution in [0.1, 0.15) is 57.2 Å². The Balaban J connectivity index is 2.05. The summed E-state index contributed by atoms with van der Waals surface area (Å²) in [4.78, 5) is 4.31. The van der Waals surface area contributed by atoms with Crippen molar-refractivity contribution in [3.8, 4) is 0 Å². The Morgan fingerprint density at radius 1 is 1.31 bits per heavy atom. The molecule has 1 aromatic heterocycles. The van der Waals surface area contributed by atoms with Crippen molar-refractivity contribution in [2.75, 3.05) is 7.05 Å². The molecule has 1 aliphatic carbocycles. The van der Waals surface area contributed by atoms with Gasteiger partial charge in [0.15, 0.2) is 0 Å². The van der Waals surface area contributed by atoms with Gasteiger partial charge in [0.05, 0.1) is 6.33 Å². The Hall–Kier alpha value is -0.830. The molecule has 3 nitrogen and oxygen atoms in total. The van der Waals surface area contributed by atoms with Gasteiger partial charge in [0.1, 0.15) is 0 Å². The average Bonchev–Trinajstić information content (AvgIpc) is 2.78. The molecule has 1 aliphatic rings. The largest absolute Gasteiger partial charge is 0.331 e. The maximum absolute atomic E-state index is 4.31. The Morgan fingerprint density at radius 3 is 2.56 bits per heavy atom. The first-order valence-corrected chi connectivity index (χ1v) is 6.41. The lowest BCUT2D eigenvalue weighted by atomic mass is 9.90. The number of hydrogen-bond donors (Lipinski definition) is 1. The van der Waals surface area contributed by atoms with Crippen molar-refractivity contribution in [1.29, 1.82) is 0 Å². The lowest BCUT2D eigenvalue weighted by Crippen LogP contribution is -2.31. The molecule has 0 aliphatic heterocycles. The van der Waals surface area contributed by atoms with Crippen molar-refractivity contribution in [3.63, 3.8) is 0 Å². The normalized spacial score (nSPS) is 26.2. The third-order valence-electron chi connectivity index (χ3n) is 3.79. The Bertz CT molecular complexity index is 322. The van der Waals surface area contributed by atoms with Crippen molar-refractivity contribution in [3.05, 3.63) is 18.2 Å². The van der Waals surface area contributed by atoms with Crippen LogP contribution < -0.4 is 5.32 Å². The molecule has 1 saturated carbocycles. The topological polar surface area (TPSA) is 29.9 Å². The van der Waals surface area contributed by atoms with E-state index in [9.17, 15) is 0 Å². The third kappa shape index (κ3) is 2.29. The monoisotopic (exact) mass is 221 g/mol. The summed E-state index contributed by atoms with van der Waals surface area (Å²) in [6.07, 6.45) is 9.17. The zero-order valence-electron chi connectivity index (χ0n) is 10.6. The molecule has 1 heterocycles. The van der Waals surface area contributed by atoms with Crippen LogP contribution in [0.15, 0.2) is 12.5 Å². The highest BCUT2D eigenvalue weighted by Crippen LogP contribution is 2.30. The smallest absolute Gasteiger partial charge is 0.0950 e. The van der Waals surface area contributed by atoms with E-state index in [0.717, 1.165) is 6.04 Å². The fourth-order valence-electron chi connectivity index (χ4n) is 2.71. The highest BCUT2D eigenvalue weighted by atomic mass is 15.1. The van der Waals surface area contributed by atoms with Gasteiger partial charge in [-0.3, -0.25) is 0 Å². The molecule has 0 spiro atoms. The van der Waals surface area contributed by atoms with Crippen LogP contribution in [-0.2, 0) is 0 Å². The van der Waals surface area contributed by atoms with Gasteiger partial charge in [0, 0.05) is 24.0 Å². The number of hydrogen-bond acceptors (Lipinski definition) is 2. The van der Waals surface area contributed by atoms with Crippen molar-refractivity contribution < 1.29 is 0 Å². The second-order valence-corrected chi connectivity index (χ2v) is 5.17. The molecule has 0 radical (unpaired) electrons. The number of nitrogens with zero attached hydrogens (tertiary/aromatic N) is 2. The van der Waals surface area contributed by atoms with Crippen LogP contribution in [0.2, 0.25) is 0 Å². The summed E-state index contributed by atoms with van der Waals surface area (Å²) in [5, 5.41) is 3.38. The number of imidazole rings is 1. The zero-order valence-corrected chi connectivity index (χ0v) is 10.6. The molecule has 1 aromatic rings. The molecular formula is C13H23N3. The fourth-order valence-corrected chi connectivity index (χ4v) is 2.71. The Labute approximate surface area is 98.3 Å². The highest BCUT2D eigenvalue weighted by Gasteiger charge is 2.22. The number of nitrogens with one attached hydrogen (secondary N) is 1. The summed E-state index contributed by atoms with van der Waals surface area (Å²) in [5.74, 6) is 0.574. The summed E-state index contributed by atoms with van der Waals surface area (Å²) in [5.41, 5.74) is 1.38. The van der Waals surface area contributed by atoms with Crippen molar-refractivity contribution in [2.45, 2.75) is 57.5 Å². The summed E-state index contributed by atoms with van der Waals surface area (Å²) >= 11 is 0. The van der Waals surface area contributed by atoms with Gasteiger partial charge < -0.3 is 9.88 Å². The van der Waals surface area contributed by atoms with E-state index >= 15 is 0 Å². The minimum Gasteiger partial charge on any atom is -0.331 e.